The maximum atomic E-state index is 12.2. The molecule has 3 rings (SSSR count). The first kappa shape index (κ1) is 20.8. The van der Waals surface area contributed by atoms with E-state index in [9.17, 15) is 4.79 Å². The first-order valence-electron chi connectivity index (χ1n) is 10.3. The second kappa shape index (κ2) is 8.60. The van der Waals surface area contributed by atoms with Crippen LogP contribution < -0.4 is 14.8 Å². The summed E-state index contributed by atoms with van der Waals surface area (Å²) < 4.78 is 16.8. The van der Waals surface area contributed by atoms with Gasteiger partial charge in [0.15, 0.2) is 11.5 Å². The quantitative estimate of drug-likeness (QED) is 0.801. The Morgan fingerprint density at radius 2 is 1.96 bits per heavy atom. The molecule has 0 bridgehead atoms. The van der Waals surface area contributed by atoms with Crippen LogP contribution in [0, 0.1) is 5.41 Å². The molecule has 28 heavy (non-hydrogen) atoms. The summed E-state index contributed by atoms with van der Waals surface area (Å²) in [7, 11) is 5.09. The van der Waals surface area contributed by atoms with Crippen LogP contribution in [-0.2, 0) is 4.74 Å². The van der Waals surface area contributed by atoms with Crippen LogP contribution in [-0.4, -0.2) is 57.5 Å². The molecule has 2 aliphatic rings. The zero-order valence-electron chi connectivity index (χ0n) is 17.8. The Morgan fingerprint density at radius 1 is 1.25 bits per heavy atom. The molecule has 2 unspecified atom stereocenters. The topological polar surface area (TPSA) is 60.0 Å². The number of ether oxygens (including phenoxy) is 3. The van der Waals surface area contributed by atoms with Crippen LogP contribution in [0.25, 0.3) is 0 Å². The summed E-state index contributed by atoms with van der Waals surface area (Å²) in [6.07, 6.45) is 4.64. The molecule has 1 saturated carbocycles. The van der Waals surface area contributed by atoms with Crippen LogP contribution in [0.4, 0.5) is 4.79 Å². The van der Waals surface area contributed by atoms with E-state index < -0.39 is 0 Å². The van der Waals surface area contributed by atoms with E-state index >= 15 is 0 Å². The molecule has 1 saturated heterocycles. The zero-order valence-corrected chi connectivity index (χ0v) is 17.8. The van der Waals surface area contributed by atoms with E-state index in [0.29, 0.717) is 13.1 Å². The zero-order chi connectivity index (χ0) is 20.3. The Kier molecular flexibility index (Phi) is 6.38. The van der Waals surface area contributed by atoms with Gasteiger partial charge >= 0.3 is 6.09 Å². The first-order chi connectivity index (χ1) is 13.4. The van der Waals surface area contributed by atoms with Gasteiger partial charge < -0.3 is 24.4 Å². The van der Waals surface area contributed by atoms with Crippen molar-refractivity contribution in [2.45, 2.75) is 57.6 Å². The van der Waals surface area contributed by atoms with Crippen molar-refractivity contribution in [3.8, 4) is 11.5 Å². The summed E-state index contributed by atoms with van der Waals surface area (Å²) in [5.41, 5.74) is 1.05. The number of hydrogen-bond donors (Lipinski definition) is 1. The minimum Gasteiger partial charge on any atom is -0.493 e. The lowest BCUT2D eigenvalue weighted by Gasteiger charge is -2.36. The molecule has 1 aromatic carbocycles. The Morgan fingerprint density at radius 3 is 2.57 bits per heavy atom. The van der Waals surface area contributed by atoms with E-state index in [-0.39, 0.29) is 29.6 Å². The van der Waals surface area contributed by atoms with Gasteiger partial charge in [-0.15, -0.1) is 0 Å². The fraction of sp³-hybridized carbons (Fsp3) is 0.682. The van der Waals surface area contributed by atoms with Crippen LogP contribution in [0.3, 0.4) is 0 Å². The maximum absolute atomic E-state index is 12.2. The Balaban J connectivity index is 1.93. The number of carbonyl (C=O) groups excluding carboxylic acids is 1. The van der Waals surface area contributed by atoms with Gasteiger partial charge in [-0.2, -0.15) is 0 Å². The minimum absolute atomic E-state index is 0.123. The van der Waals surface area contributed by atoms with Gasteiger partial charge in [0.05, 0.1) is 20.3 Å². The van der Waals surface area contributed by atoms with Gasteiger partial charge in [-0.1, -0.05) is 13.0 Å². The van der Waals surface area contributed by atoms with Crippen LogP contribution in [0.2, 0.25) is 0 Å². The van der Waals surface area contributed by atoms with Crippen molar-refractivity contribution in [1.29, 1.82) is 0 Å². The van der Waals surface area contributed by atoms with Gasteiger partial charge in [0.2, 0.25) is 0 Å². The molecular weight excluding hydrogens is 356 g/mol. The van der Waals surface area contributed by atoms with Crippen molar-refractivity contribution in [2.24, 2.45) is 5.41 Å². The lowest BCUT2D eigenvalue weighted by atomic mass is 9.71. The summed E-state index contributed by atoms with van der Waals surface area (Å²) in [4.78, 5) is 14.0. The third-order valence-electron chi connectivity index (χ3n) is 6.77. The summed E-state index contributed by atoms with van der Waals surface area (Å²) in [5, 5.41) is 3.39. The van der Waals surface area contributed by atoms with Gasteiger partial charge in [-0.3, -0.25) is 0 Å². The van der Waals surface area contributed by atoms with Crippen LogP contribution in [0.5, 0.6) is 11.5 Å². The Bertz CT molecular complexity index is 689. The number of nitrogens with zero attached hydrogens (tertiary/aromatic N) is 1. The predicted molar refractivity (Wildman–Crippen MR) is 109 cm³/mol. The number of nitrogens with one attached hydrogen (secondary N) is 1. The number of carbonyl (C=O) groups is 1. The third-order valence-corrected chi connectivity index (χ3v) is 6.77. The standard InChI is InChI=1S/C22H34N2O4/c1-15(23-3)22(2)14-24(21(25)27-5)13-18(22)16-10-11-19(26-4)20(12-16)28-17-8-6-7-9-17/h10-12,15,17-18,23H,6-9,13-14H2,1-5H3/t15?,18?,22-/m0/s1. The number of methoxy groups -OCH3 is 2. The fourth-order valence-electron chi connectivity index (χ4n) is 4.73. The molecule has 1 aromatic rings. The number of amides is 1. The van der Waals surface area contributed by atoms with Crippen molar-refractivity contribution in [1.82, 2.24) is 10.2 Å². The monoisotopic (exact) mass is 390 g/mol. The van der Waals surface area contributed by atoms with E-state index in [2.05, 4.69) is 31.3 Å². The highest BCUT2D eigenvalue weighted by Gasteiger charge is 2.48. The van der Waals surface area contributed by atoms with E-state index in [1.807, 2.05) is 13.1 Å². The smallest absolute Gasteiger partial charge is 0.409 e. The molecule has 0 radical (unpaired) electrons. The normalized spacial score (nSPS) is 26.3. The molecule has 2 fully saturated rings. The molecule has 6 heteroatoms. The van der Waals surface area contributed by atoms with Gasteiger partial charge in [-0.25, -0.2) is 4.79 Å². The third kappa shape index (κ3) is 3.93. The molecular formula is C22H34N2O4. The van der Waals surface area contributed by atoms with Crippen LogP contribution >= 0.6 is 0 Å². The predicted octanol–water partition coefficient (Wildman–Crippen LogP) is 3.80. The highest BCUT2D eigenvalue weighted by molar-refractivity contribution is 5.68. The van der Waals surface area contributed by atoms with Crippen molar-refractivity contribution in [2.75, 3.05) is 34.4 Å². The molecule has 3 atom stereocenters. The molecule has 0 spiro atoms. The van der Waals surface area contributed by atoms with E-state index in [4.69, 9.17) is 14.2 Å². The molecule has 1 N–H and O–H groups in total. The largest absolute Gasteiger partial charge is 0.493 e. The molecule has 156 valence electrons. The summed E-state index contributed by atoms with van der Waals surface area (Å²) >= 11 is 0. The second-order valence-electron chi connectivity index (χ2n) is 8.35. The summed E-state index contributed by atoms with van der Waals surface area (Å²) in [6.45, 7) is 5.69. The average Bonchev–Trinajstić information content (AvgIpc) is 3.35. The van der Waals surface area contributed by atoms with Crippen molar-refractivity contribution < 1.29 is 19.0 Å². The second-order valence-corrected chi connectivity index (χ2v) is 8.35. The summed E-state index contributed by atoms with van der Waals surface area (Å²) in [5.74, 6) is 1.75. The first-order valence-corrected chi connectivity index (χ1v) is 10.3. The van der Waals surface area contributed by atoms with Gasteiger partial charge in [0.1, 0.15) is 0 Å². The van der Waals surface area contributed by atoms with Crippen LogP contribution in [0.15, 0.2) is 18.2 Å². The van der Waals surface area contributed by atoms with Crippen molar-refractivity contribution in [3.05, 3.63) is 23.8 Å². The van der Waals surface area contributed by atoms with Crippen molar-refractivity contribution in [3.63, 3.8) is 0 Å². The lowest BCUT2D eigenvalue weighted by Crippen LogP contribution is -2.44. The number of hydrogen-bond acceptors (Lipinski definition) is 5. The van der Waals surface area contributed by atoms with Gasteiger partial charge in [-0.05, 0) is 57.4 Å². The SMILES string of the molecule is CNC(C)[C@]1(C)CN(C(=O)OC)CC1c1ccc(OC)c(OC2CCCC2)c1. The number of benzene rings is 1. The molecule has 1 amide bonds. The van der Waals surface area contributed by atoms with Crippen molar-refractivity contribution >= 4 is 6.09 Å². The lowest BCUT2D eigenvalue weighted by molar-refractivity contribution is 0.125. The van der Waals surface area contributed by atoms with Gasteiger partial charge in [0, 0.05) is 30.5 Å². The van der Waals surface area contributed by atoms with Gasteiger partial charge in [0.25, 0.3) is 0 Å². The maximum Gasteiger partial charge on any atom is 0.409 e. The number of rotatable bonds is 6. The Labute approximate surface area is 168 Å². The Hall–Kier alpha value is -1.95. The molecule has 1 aliphatic carbocycles. The van der Waals surface area contributed by atoms with E-state index in [0.717, 1.165) is 24.3 Å². The summed E-state index contributed by atoms with van der Waals surface area (Å²) in [6, 6.07) is 6.44. The molecule has 6 nitrogen and oxygen atoms in total. The van der Waals surface area contributed by atoms with E-state index in [1.54, 1.807) is 12.0 Å². The number of likely N-dealkylation sites (tertiary alicyclic amines) is 1. The molecule has 0 aromatic heterocycles. The fourth-order valence-corrected chi connectivity index (χ4v) is 4.73. The van der Waals surface area contributed by atoms with Crippen LogP contribution in [0.1, 0.15) is 51.0 Å². The average molecular weight is 391 g/mol. The highest BCUT2D eigenvalue weighted by atomic mass is 16.5. The molecule has 1 heterocycles. The highest BCUT2D eigenvalue weighted by Crippen LogP contribution is 2.47. The minimum atomic E-state index is -0.270. The molecule has 1 aliphatic heterocycles. The van der Waals surface area contributed by atoms with E-state index in [1.165, 1.54) is 25.5 Å².